The van der Waals surface area contributed by atoms with Gasteiger partial charge in [0, 0.05) is 17.1 Å². The van der Waals surface area contributed by atoms with Crippen molar-refractivity contribution in [2.75, 3.05) is 11.9 Å². The van der Waals surface area contributed by atoms with Gasteiger partial charge in [0.05, 0.1) is 6.26 Å². The van der Waals surface area contributed by atoms with Gasteiger partial charge < -0.3 is 14.5 Å². The summed E-state index contributed by atoms with van der Waals surface area (Å²) in [6, 6.07) is 16.8. The SMILES string of the molecule is O=C(COC(=O)/C=C/c1ccco1)Nc1cccc2ccccc12. The number of benzene rings is 2. The van der Waals surface area contributed by atoms with E-state index >= 15 is 0 Å². The maximum Gasteiger partial charge on any atom is 0.331 e. The molecular formula is C19H15NO4. The zero-order valence-electron chi connectivity index (χ0n) is 12.8. The van der Waals surface area contributed by atoms with Crippen LogP contribution in [0.3, 0.4) is 0 Å². The summed E-state index contributed by atoms with van der Waals surface area (Å²) >= 11 is 0. The lowest BCUT2D eigenvalue weighted by Gasteiger charge is -2.08. The molecule has 120 valence electrons. The highest BCUT2D eigenvalue weighted by Crippen LogP contribution is 2.22. The molecule has 3 rings (SSSR count). The highest BCUT2D eigenvalue weighted by atomic mass is 16.5. The number of esters is 1. The lowest BCUT2D eigenvalue weighted by Crippen LogP contribution is -2.20. The molecule has 2 aromatic carbocycles. The van der Waals surface area contributed by atoms with Crippen molar-refractivity contribution in [2.24, 2.45) is 0 Å². The highest BCUT2D eigenvalue weighted by molar-refractivity contribution is 6.03. The van der Waals surface area contributed by atoms with Gasteiger partial charge in [-0.2, -0.15) is 0 Å². The Bertz CT molecular complexity index is 876. The average molecular weight is 321 g/mol. The van der Waals surface area contributed by atoms with E-state index in [0.717, 1.165) is 10.8 Å². The molecule has 0 saturated carbocycles. The van der Waals surface area contributed by atoms with Crippen molar-refractivity contribution < 1.29 is 18.7 Å². The van der Waals surface area contributed by atoms with Crippen LogP contribution in [0.1, 0.15) is 5.76 Å². The van der Waals surface area contributed by atoms with Crippen molar-refractivity contribution in [2.45, 2.75) is 0 Å². The summed E-state index contributed by atoms with van der Waals surface area (Å²) in [5.74, 6) is -0.474. The third kappa shape index (κ3) is 3.89. The van der Waals surface area contributed by atoms with E-state index in [1.165, 1.54) is 18.4 Å². The number of ether oxygens (including phenoxy) is 1. The van der Waals surface area contributed by atoms with Crippen molar-refractivity contribution in [3.8, 4) is 0 Å². The minimum Gasteiger partial charge on any atom is -0.465 e. The highest BCUT2D eigenvalue weighted by Gasteiger charge is 2.08. The zero-order chi connectivity index (χ0) is 16.8. The fourth-order valence-corrected chi connectivity index (χ4v) is 2.24. The van der Waals surface area contributed by atoms with Crippen LogP contribution in [0.15, 0.2) is 71.4 Å². The molecule has 0 radical (unpaired) electrons. The molecule has 1 N–H and O–H groups in total. The minimum absolute atomic E-state index is 0.357. The van der Waals surface area contributed by atoms with Crippen molar-refractivity contribution in [3.05, 3.63) is 72.7 Å². The van der Waals surface area contributed by atoms with Gasteiger partial charge in [0.1, 0.15) is 5.76 Å². The number of amides is 1. The van der Waals surface area contributed by atoms with Crippen LogP contribution in [0.5, 0.6) is 0 Å². The van der Waals surface area contributed by atoms with E-state index in [-0.39, 0.29) is 6.61 Å². The third-order valence-corrected chi connectivity index (χ3v) is 3.34. The van der Waals surface area contributed by atoms with Gasteiger partial charge in [-0.15, -0.1) is 0 Å². The molecule has 0 aliphatic heterocycles. The largest absolute Gasteiger partial charge is 0.465 e. The van der Waals surface area contributed by atoms with E-state index in [1.807, 2.05) is 36.4 Å². The molecule has 1 amide bonds. The second kappa shape index (κ2) is 7.28. The normalized spacial score (nSPS) is 10.8. The van der Waals surface area contributed by atoms with Crippen LogP contribution < -0.4 is 5.32 Å². The summed E-state index contributed by atoms with van der Waals surface area (Å²) in [6.45, 7) is -0.357. The Morgan fingerprint density at radius 3 is 2.71 bits per heavy atom. The van der Waals surface area contributed by atoms with Crippen molar-refractivity contribution in [1.82, 2.24) is 0 Å². The third-order valence-electron chi connectivity index (χ3n) is 3.34. The first-order valence-corrected chi connectivity index (χ1v) is 7.38. The number of carbonyl (C=O) groups is 2. The first-order chi connectivity index (χ1) is 11.7. The maximum atomic E-state index is 12.0. The lowest BCUT2D eigenvalue weighted by atomic mass is 10.1. The average Bonchev–Trinajstić information content (AvgIpc) is 3.12. The standard InChI is InChI=1S/C19H15NO4/c21-18(13-24-19(22)11-10-15-7-4-12-23-15)20-17-9-3-6-14-5-1-2-8-16(14)17/h1-12H,13H2,(H,20,21)/b11-10+. The number of hydrogen-bond donors (Lipinski definition) is 1. The van der Waals surface area contributed by atoms with E-state index in [1.54, 1.807) is 18.2 Å². The van der Waals surface area contributed by atoms with Gasteiger partial charge in [-0.25, -0.2) is 4.79 Å². The Morgan fingerprint density at radius 1 is 1.04 bits per heavy atom. The van der Waals surface area contributed by atoms with Crippen LogP contribution in [-0.2, 0) is 14.3 Å². The van der Waals surface area contributed by atoms with Gasteiger partial charge >= 0.3 is 5.97 Å². The molecule has 3 aromatic rings. The predicted molar refractivity (Wildman–Crippen MR) is 91.3 cm³/mol. The van der Waals surface area contributed by atoms with Crippen LogP contribution in [0.25, 0.3) is 16.8 Å². The quantitative estimate of drug-likeness (QED) is 0.575. The van der Waals surface area contributed by atoms with Crippen molar-refractivity contribution in [1.29, 1.82) is 0 Å². The number of carbonyl (C=O) groups excluding carboxylic acids is 2. The van der Waals surface area contributed by atoms with Crippen LogP contribution >= 0.6 is 0 Å². The van der Waals surface area contributed by atoms with E-state index in [2.05, 4.69) is 5.32 Å². The Balaban J connectivity index is 1.56. The monoisotopic (exact) mass is 321 g/mol. The molecule has 0 aliphatic carbocycles. The number of fused-ring (bicyclic) bond motifs is 1. The number of rotatable bonds is 5. The minimum atomic E-state index is -0.612. The molecule has 24 heavy (non-hydrogen) atoms. The Kier molecular flexibility index (Phi) is 4.72. The number of furan rings is 1. The van der Waals surface area contributed by atoms with Crippen LogP contribution in [0.2, 0.25) is 0 Å². The van der Waals surface area contributed by atoms with E-state index < -0.39 is 11.9 Å². The van der Waals surface area contributed by atoms with Gasteiger partial charge in [0.15, 0.2) is 6.61 Å². The van der Waals surface area contributed by atoms with Gasteiger partial charge in [-0.3, -0.25) is 4.79 Å². The van der Waals surface area contributed by atoms with Crippen LogP contribution in [-0.4, -0.2) is 18.5 Å². The summed E-state index contributed by atoms with van der Waals surface area (Å²) in [5, 5.41) is 4.70. The molecule has 5 heteroatoms. The summed E-state index contributed by atoms with van der Waals surface area (Å²) < 4.78 is 9.96. The number of hydrogen-bond acceptors (Lipinski definition) is 4. The fraction of sp³-hybridized carbons (Fsp3) is 0.0526. The maximum absolute atomic E-state index is 12.0. The van der Waals surface area contributed by atoms with E-state index in [9.17, 15) is 9.59 Å². The summed E-state index contributed by atoms with van der Waals surface area (Å²) in [5.41, 5.74) is 0.681. The Labute approximate surface area is 138 Å². The zero-order valence-corrected chi connectivity index (χ0v) is 12.8. The van der Waals surface area contributed by atoms with Gasteiger partial charge in [0.2, 0.25) is 0 Å². The first kappa shape index (κ1) is 15.6. The number of anilines is 1. The molecule has 5 nitrogen and oxygen atoms in total. The molecular weight excluding hydrogens is 306 g/mol. The lowest BCUT2D eigenvalue weighted by molar-refractivity contribution is -0.142. The van der Waals surface area contributed by atoms with Crippen LogP contribution in [0, 0.1) is 0 Å². The summed E-state index contributed by atoms with van der Waals surface area (Å²) in [4.78, 5) is 23.5. The van der Waals surface area contributed by atoms with Crippen molar-refractivity contribution in [3.63, 3.8) is 0 Å². The Morgan fingerprint density at radius 2 is 1.88 bits per heavy atom. The first-order valence-electron chi connectivity index (χ1n) is 7.38. The van der Waals surface area contributed by atoms with E-state index in [0.29, 0.717) is 11.4 Å². The predicted octanol–water partition coefficient (Wildman–Crippen LogP) is 3.63. The van der Waals surface area contributed by atoms with Crippen LogP contribution in [0.4, 0.5) is 5.69 Å². The molecule has 0 fully saturated rings. The Hall–Kier alpha value is -3.34. The molecule has 0 atom stereocenters. The van der Waals surface area contributed by atoms with Gasteiger partial charge in [0.25, 0.3) is 5.91 Å². The molecule has 1 aromatic heterocycles. The van der Waals surface area contributed by atoms with Crippen molar-refractivity contribution >= 4 is 34.4 Å². The molecule has 1 heterocycles. The molecule has 0 spiro atoms. The van der Waals surface area contributed by atoms with Gasteiger partial charge in [-0.05, 0) is 29.7 Å². The summed E-state index contributed by atoms with van der Waals surface area (Å²) in [6.07, 6.45) is 4.19. The molecule has 0 bridgehead atoms. The second-order valence-corrected chi connectivity index (χ2v) is 5.03. The fourth-order valence-electron chi connectivity index (χ4n) is 2.24. The number of nitrogens with one attached hydrogen (secondary N) is 1. The second-order valence-electron chi connectivity index (χ2n) is 5.03. The summed E-state index contributed by atoms with van der Waals surface area (Å²) in [7, 11) is 0. The molecule has 0 saturated heterocycles. The smallest absolute Gasteiger partial charge is 0.331 e. The molecule has 0 aliphatic rings. The van der Waals surface area contributed by atoms with Gasteiger partial charge in [-0.1, -0.05) is 36.4 Å². The molecule has 0 unspecified atom stereocenters. The van der Waals surface area contributed by atoms with E-state index in [4.69, 9.17) is 9.15 Å². The topological polar surface area (TPSA) is 68.5 Å².